The third-order valence-corrected chi connectivity index (χ3v) is 6.80. The summed E-state index contributed by atoms with van der Waals surface area (Å²) in [5.41, 5.74) is 0. The van der Waals surface area contributed by atoms with Gasteiger partial charge in [-0.1, -0.05) is 47.0 Å². The van der Waals surface area contributed by atoms with Crippen LogP contribution in [0.4, 0.5) is 0 Å². The van der Waals surface area contributed by atoms with Gasteiger partial charge in [-0.15, -0.1) is 0 Å². The Labute approximate surface area is 179 Å². The van der Waals surface area contributed by atoms with Gasteiger partial charge >= 0.3 is 0 Å². The van der Waals surface area contributed by atoms with Gasteiger partial charge in [-0.05, 0) is 56.7 Å². The first-order chi connectivity index (χ1) is 13.4. The van der Waals surface area contributed by atoms with Crippen LogP contribution in [0.3, 0.4) is 0 Å². The van der Waals surface area contributed by atoms with E-state index in [4.69, 9.17) is 17.2 Å². The standard InChI is InChI=1S/C23H44N4S/c1-6-19(4)15-22-24-16-21(25-22)12-8-9-13-26-17-20(5)27(23(26)28)14-10-7-11-18(2)3/h18-21H,6-17H2,1-5H3,(H,24,25)/t19?,20-,21+/m1/s1. The fourth-order valence-electron chi connectivity index (χ4n) is 4.21. The largest absolute Gasteiger partial charge is 0.369 e. The summed E-state index contributed by atoms with van der Waals surface area (Å²) in [6.07, 6.45) is 9.97. The van der Waals surface area contributed by atoms with Gasteiger partial charge in [-0.25, -0.2) is 0 Å². The molecule has 0 aromatic rings. The zero-order chi connectivity index (χ0) is 20.5. The van der Waals surface area contributed by atoms with Crippen LogP contribution < -0.4 is 5.32 Å². The second-order valence-electron chi connectivity index (χ2n) is 9.50. The highest BCUT2D eigenvalue weighted by Gasteiger charge is 2.30. The molecule has 5 heteroatoms. The number of hydrogen-bond acceptors (Lipinski definition) is 3. The SMILES string of the molecule is CCC(C)CC1=NC[C@H](CCCCN2C[C@@H](C)N(CCCCC(C)C)C2=S)N1. The number of rotatable bonds is 13. The van der Waals surface area contributed by atoms with Crippen LogP contribution in [0.2, 0.25) is 0 Å². The average molecular weight is 409 g/mol. The summed E-state index contributed by atoms with van der Waals surface area (Å²) in [7, 11) is 0. The summed E-state index contributed by atoms with van der Waals surface area (Å²) < 4.78 is 0. The van der Waals surface area contributed by atoms with Crippen molar-refractivity contribution in [2.75, 3.05) is 26.2 Å². The van der Waals surface area contributed by atoms with Gasteiger partial charge in [0.15, 0.2) is 5.11 Å². The van der Waals surface area contributed by atoms with E-state index in [0.717, 1.165) is 49.5 Å². The molecule has 2 rings (SSSR count). The molecule has 1 unspecified atom stereocenters. The second kappa shape index (κ2) is 12.0. The Balaban J connectivity index is 1.59. The Morgan fingerprint density at radius 1 is 1.14 bits per heavy atom. The molecule has 0 bridgehead atoms. The topological polar surface area (TPSA) is 30.9 Å². The Kier molecular flexibility index (Phi) is 10.0. The van der Waals surface area contributed by atoms with Crippen molar-refractivity contribution in [2.45, 2.75) is 98.1 Å². The maximum absolute atomic E-state index is 5.79. The lowest BCUT2D eigenvalue weighted by molar-refractivity contribution is 0.349. The molecule has 2 heterocycles. The van der Waals surface area contributed by atoms with Crippen LogP contribution in [-0.4, -0.2) is 59.0 Å². The smallest absolute Gasteiger partial charge is 0.171 e. The summed E-state index contributed by atoms with van der Waals surface area (Å²) in [6.45, 7) is 15.8. The highest BCUT2D eigenvalue weighted by Crippen LogP contribution is 2.19. The Morgan fingerprint density at radius 2 is 1.89 bits per heavy atom. The van der Waals surface area contributed by atoms with E-state index in [0.29, 0.717) is 12.1 Å². The van der Waals surface area contributed by atoms with Crippen molar-refractivity contribution in [3.8, 4) is 0 Å². The van der Waals surface area contributed by atoms with Crippen LogP contribution in [0.15, 0.2) is 4.99 Å². The van der Waals surface area contributed by atoms with E-state index < -0.39 is 0 Å². The Morgan fingerprint density at radius 3 is 2.61 bits per heavy atom. The summed E-state index contributed by atoms with van der Waals surface area (Å²) in [5.74, 6) is 2.78. The maximum atomic E-state index is 5.79. The molecule has 1 N–H and O–H groups in total. The third-order valence-electron chi connectivity index (χ3n) is 6.31. The van der Waals surface area contributed by atoms with Crippen LogP contribution in [-0.2, 0) is 0 Å². The van der Waals surface area contributed by atoms with Gasteiger partial charge < -0.3 is 15.1 Å². The van der Waals surface area contributed by atoms with Gasteiger partial charge in [-0.2, -0.15) is 0 Å². The van der Waals surface area contributed by atoms with Crippen molar-refractivity contribution in [3.63, 3.8) is 0 Å². The minimum absolute atomic E-state index is 0.556. The predicted octanol–water partition coefficient (Wildman–Crippen LogP) is 5.08. The number of thiocarbonyl (C=S) groups is 1. The zero-order valence-electron chi connectivity index (χ0n) is 19.0. The minimum Gasteiger partial charge on any atom is -0.369 e. The lowest BCUT2D eigenvalue weighted by Gasteiger charge is -2.24. The molecule has 2 aliphatic heterocycles. The molecule has 4 nitrogen and oxygen atoms in total. The number of hydrogen-bond donors (Lipinski definition) is 1. The second-order valence-corrected chi connectivity index (χ2v) is 9.87. The lowest BCUT2D eigenvalue weighted by Crippen LogP contribution is -2.35. The van der Waals surface area contributed by atoms with Crippen LogP contribution in [0.25, 0.3) is 0 Å². The summed E-state index contributed by atoms with van der Waals surface area (Å²) in [5, 5.41) is 4.74. The van der Waals surface area contributed by atoms with Gasteiger partial charge in [0.25, 0.3) is 0 Å². The van der Waals surface area contributed by atoms with E-state index in [1.165, 1.54) is 50.8 Å². The van der Waals surface area contributed by atoms with E-state index in [-0.39, 0.29) is 0 Å². The molecule has 1 saturated heterocycles. The molecule has 0 spiro atoms. The molecule has 0 aliphatic carbocycles. The monoisotopic (exact) mass is 408 g/mol. The first-order valence-corrected chi connectivity index (χ1v) is 12.2. The van der Waals surface area contributed by atoms with E-state index in [1.54, 1.807) is 0 Å². The van der Waals surface area contributed by atoms with Crippen molar-refractivity contribution in [2.24, 2.45) is 16.8 Å². The van der Waals surface area contributed by atoms with Gasteiger partial charge in [0.2, 0.25) is 0 Å². The summed E-state index contributed by atoms with van der Waals surface area (Å²) in [4.78, 5) is 9.61. The van der Waals surface area contributed by atoms with Crippen LogP contribution >= 0.6 is 12.2 Å². The van der Waals surface area contributed by atoms with Crippen LogP contribution in [0.5, 0.6) is 0 Å². The third kappa shape index (κ3) is 7.53. The molecule has 2 aliphatic rings. The summed E-state index contributed by atoms with van der Waals surface area (Å²) in [6, 6.07) is 1.13. The Hall–Kier alpha value is -0.840. The average Bonchev–Trinajstić information content (AvgIpc) is 3.20. The predicted molar refractivity (Wildman–Crippen MR) is 126 cm³/mol. The number of nitrogens with one attached hydrogen (secondary N) is 1. The van der Waals surface area contributed by atoms with Crippen molar-refractivity contribution in [3.05, 3.63) is 0 Å². The molecule has 0 amide bonds. The van der Waals surface area contributed by atoms with Crippen LogP contribution in [0.1, 0.15) is 86.0 Å². The molecule has 0 radical (unpaired) electrons. The highest BCUT2D eigenvalue weighted by molar-refractivity contribution is 7.80. The van der Waals surface area contributed by atoms with Crippen LogP contribution in [0, 0.1) is 11.8 Å². The fourth-order valence-corrected chi connectivity index (χ4v) is 4.64. The zero-order valence-corrected chi connectivity index (χ0v) is 19.9. The van der Waals surface area contributed by atoms with Gasteiger partial charge in [0.1, 0.15) is 0 Å². The maximum Gasteiger partial charge on any atom is 0.171 e. The lowest BCUT2D eigenvalue weighted by atomic mass is 10.0. The normalized spacial score (nSPS) is 23.5. The molecule has 162 valence electrons. The fraction of sp³-hybridized carbons (Fsp3) is 0.913. The van der Waals surface area contributed by atoms with Gasteiger partial charge in [-0.3, -0.25) is 4.99 Å². The molecular formula is C23H44N4S. The quantitative estimate of drug-likeness (QED) is 0.340. The molecular weight excluding hydrogens is 364 g/mol. The first kappa shape index (κ1) is 23.4. The molecule has 0 aromatic heterocycles. The van der Waals surface area contributed by atoms with Crippen molar-refractivity contribution in [1.29, 1.82) is 0 Å². The molecule has 28 heavy (non-hydrogen) atoms. The Bertz CT molecular complexity index is 505. The summed E-state index contributed by atoms with van der Waals surface area (Å²) >= 11 is 5.79. The molecule has 3 atom stereocenters. The number of unbranched alkanes of at least 4 members (excludes halogenated alkanes) is 2. The number of amidine groups is 1. The van der Waals surface area contributed by atoms with E-state index in [2.05, 4.69) is 49.7 Å². The molecule has 0 saturated carbocycles. The van der Waals surface area contributed by atoms with Crippen molar-refractivity contribution >= 4 is 23.2 Å². The van der Waals surface area contributed by atoms with E-state index >= 15 is 0 Å². The minimum atomic E-state index is 0.556. The number of aliphatic imine (C=N–C) groups is 1. The van der Waals surface area contributed by atoms with E-state index in [9.17, 15) is 0 Å². The van der Waals surface area contributed by atoms with Crippen molar-refractivity contribution in [1.82, 2.24) is 15.1 Å². The van der Waals surface area contributed by atoms with Gasteiger partial charge in [0.05, 0.1) is 12.4 Å². The highest BCUT2D eigenvalue weighted by atomic mass is 32.1. The number of nitrogens with zero attached hydrogens (tertiary/aromatic N) is 3. The molecule has 1 fully saturated rings. The first-order valence-electron chi connectivity index (χ1n) is 11.8. The van der Waals surface area contributed by atoms with Crippen molar-refractivity contribution < 1.29 is 0 Å². The van der Waals surface area contributed by atoms with Gasteiger partial charge in [0, 0.05) is 38.1 Å². The molecule has 0 aromatic carbocycles. The van der Waals surface area contributed by atoms with E-state index in [1.807, 2.05) is 0 Å².